The standard InChI is InChI=1S/C19H24N4O.C6H4Cl2/c1-22(15-17-6-2-4-11-20-17)13-10-16-8-9-19(24)23(14-16)18-7-3-5-12-21-18;7-5-3-1-2-4-6(5)8/h2-7,11-12,16H,8-10,13-15H2,1H3;1-4H. The molecule has 1 unspecified atom stereocenters. The smallest absolute Gasteiger partial charge is 0.228 e. The number of halogens is 2. The summed E-state index contributed by atoms with van der Waals surface area (Å²) in [6.07, 6.45) is 6.25. The van der Waals surface area contributed by atoms with Crippen LogP contribution in [0, 0.1) is 5.92 Å². The average molecular weight is 471 g/mol. The Labute approximate surface area is 200 Å². The van der Waals surface area contributed by atoms with E-state index in [0.29, 0.717) is 22.4 Å². The van der Waals surface area contributed by atoms with Crippen molar-refractivity contribution in [1.82, 2.24) is 14.9 Å². The molecule has 1 saturated heterocycles. The second kappa shape index (κ2) is 12.5. The molecule has 4 rings (SSSR count). The van der Waals surface area contributed by atoms with E-state index in [2.05, 4.69) is 28.0 Å². The lowest BCUT2D eigenvalue weighted by Crippen LogP contribution is -2.41. The summed E-state index contributed by atoms with van der Waals surface area (Å²) in [6, 6.07) is 18.9. The van der Waals surface area contributed by atoms with Gasteiger partial charge < -0.3 is 4.90 Å². The zero-order valence-corrected chi connectivity index (χ0v) is 19.7. The van der Waals surface area contributed by atoms with E-state index >= 15 is 0 Å². The first-order valence-electron chi connectivity index (χ1n) is 10.7. The Balaban J connectivity index is 0.000000305. The van der Waals surface area contributed by atoms with E-state index in [1.807, 2.05) is 53.6 Å². The van der Waals surface area contributed by atoms with E-state index in [1.54, 1.807) is 18.3 Å². The molecule has 0 saturated carbocycles. The number of piperidine rings is 1. The Kier molecular flexibility index (Phi) is 9.47. The summed E-state index contributed by atoms with van der Waals surface area (Å²) in [5.41, 5.74) is 1.09. The number of aromatic nitrogens is 2. The van der Waals surface area contributed by atoms with Gasteiger partial charge in [-0.25, -0.2) is 4.98 Å². The second-order valence-electron chi connectivity index (χ2n) is 7.86. The minimum atomic E-state index is 0.187. The van der Waals surface area contributed by atoms with Crippen LogP contribution >= 0.6 is 23.2 Å². The van der Waals surface area contributed by atoms with Gasteiger partial charge in [0, 0.05) is 31.9 Å². The molecule has 32 heavy (non-hydrogen) atoms. The van der Waals surface area contributed by atoms with Crippen LogP contribution in [0.25, 0.3) is 0 Å². The molecule has 1 fully saturated rings. The Bertz CT molecular complexity index is 951. The molecule has 1 amide bonds. The maximum atomic E-state index is 12.2. The summed E-state index contributed by atoms with van der Waals surface area (Å²) in [5, 5.41) is 1.21. The van der Waals surface area contributed by atoms with Gasteiger partial charge in [0.2, 0.25) is 5.91 Å². The number of rotatable bonds is 6. The molecule has 0 radical (unpaired) electrons. The van der Waals surface area contributed by atoms with Crippen molar-refractivity contribution in [3.63, 3.8) is 0 Å². The monoisotopic (exact) mass is 470 g/mol. The third-order valence-electron chi connectivity index (χ3n) is 5.34. The van der Waals surface area contributed by atoms with E-state index in [4.69, 9.17) is 23.2 Å². The molecule has 2 aromatic heterocycles. The minimum Gasteiger partial charge on any atom is -0.301 e. The van der Waals surface area contributed by atoms with Gasteiger partial charge in [0.1, 0.15) is 5.82 Å². The molecule has 5 nitrogen and oxygen atoms in total. The summed E-state index contributed by atoms with van der Waals surface area (Å²) >= 11 is 11.2. The van der Waals surface area contributed by atoms with Crippen molar-refractivity contribution in [2.24, 2.45) is 5.92 Å². The molecule has 1 atom stereocenters. The summed E-state index contributed by atoms with van der Waals surface area (Å²) in [6.45, 7) is 2.63. The maximum absolute atomic E-state index is 12.2. The molecule has 0 aliphatic carbocycles. The van der Waals surface area contributed by atoms with Crippen molar-refractivity contribution in [2.45, 2.75) is 25.8 Å². The number of nitrogens with zero attached hydrogens (tertiary/aromatic N) is 4. The average Bonchev–Trinajstić information content (AvgIpc) is 2.82. The van der Waals surface area contributed by atoms with Crippen LogP contribution in [0.15, 0.2) is 73.1 Å². The fourth-order valence-electron chi connectivity index (χ4n) is 3.57. The van der Waals surface area contributed by atoms with Crippen LogP contribution in [0.3, 0.4) is 0 Å². The zero-order valence-electron chi connectivity index (χ0n) is 18.2. The fraction of sp³-hybridized carbons (Fsp3) is 0.320. The van der Waals surface area contributed by atoms with Crippen molar-refractivity contribution < 1.29 is 4.79 Å². The Morgan fingerprint density at radius 1 is 0.969 bits per heavy atom. The first kappa shape index (κ1) is 24.2. The van der Waals surface area contributed by atoms with Crippen LogP contribution in [-0.4, -0.2) is 40.9 Å². The Hall–Kier alpha value is -2.47. The lowest BCUT2D eigenvalue weighted by Gasteiger charge is -2.32. The van der Waals surface area contributed by atoms with Crippen LogP contribution < -0.4 is 4.90 Å². The zero-order chi connectivity index (χ0) is 22.8. The van der Waals surface area contributed by atoms with Crippen LogP contribution in [0.5, 0.6) is 0 Å². The number of pyridine rings is 2. The molecule has 1 aromatic carbocycles. The molecule has 168 valence electrons. The van der Waals surface area contributed by atoms with E-state index in [-0.39, 0.29) is 5.91 Å². The molecular formula is C25H28Cl2N4O. The normalized spacial score (nSPS) is 15.9. The molecule has 1 aliphatic rings. The van der Waals surface area contributed by atoms with Gasteiger partial charge >= 0.3 is 0 Å². The minimum absolute atomic E-state index is 0.187. The van der Waals surface area contributed by atoms with Crippen molar-refractivity contribution in [3.8, 4) is 0 Å². The van der Waals surface area contributed by atoms with Crippen LogP contribution in [-0.2, 0) is 11.3 Å². The molecule has 0 bridgehead atoms. The van der Waals surface area contributed by atoms with Crippen molar-refractivity contribution in [2.75, 3.05) is 25.0 Å². The predicted molar refractivity (Wildman–Crippen MR) is 131 cm³/mol. The molecule has 0 spiro atoms. The Morgan fingerprint density at radius 2 is 1.62 bits per heavy atom. The fourth-order valence-corrected chi connectivity index (χ4v) is 3.85. The summed E-state index contributed by atoms with van der Waals surface area (Å²) < 4.78 is 0. The number of anilines is 1. The summed E-state index contributed by atoms with van der Waals surface area (Å²) in [5.74, 6) is 1.48. The first-order chi connectivity index (χ1) is 15.5. The predicted octanol–water partition coefficient (Wildman–Crippen LogP) is 5.74. The highest BCUT2D eigenvalue weighted by Crippen LogP contribution is 2.24. The van der Waals surface area contributed by atoms with Gasteiger partial charge in [-0.2, -0.15) is 0 Å². The Morgan fingerprint density at radius 3 is 2.22 bits per heavy atom. The molecule has 3 aromatic rings. The summed E-state index contributed by atoms with van der Waals surface area (Å²) in [4.78, 5) is 25.0. The third-order valence-corrected chi connectivity index (χ3v) is 6.09. The maximum Gasteiger partial charge on any atom is 0.228 e. The topological polar surface area (TPSA) is 49.3 Å². The number of amides is 1. The van der Waals surface area contributed by atoms with E-state index in [1.165, 1.54) is 0 Å². The lowest BCUT2D eigenvalue weighted by atomic mass is 9.94. The van der Waals surface area contributed by atoms with Gasteiger partial charge in [-0.15, -0.1) is 0 Å². The van der Waals surface area contributed by atoms with Gasteiger partial charge in [0.25, 0.3) is 0 Å². The molecule has 3 heterocycles. The number of benzene rings is 1. The van der Waals surface area contributed by atoms with Gasteiger partial charge in [-0.1, -0.05) is 47.5 Å². The number of carbonyl (C=O) groups excluding carboxylic acids is 1. The lowest BCUT2D eigenvalue weighted by molar-refractivity contribution is -0.120. The largest absolute Gasteiger partial charge is 0.301 e. The molecule has 7 heteroatoms. The van der Waals surface area contributed by atoms with Crippen LogP contribution in [0.1, 0.15) is 25.0 Å². The van der Waals surface area contributed by atoms with E-state index < -0.39 is 0 Å². The highest BCUT2D eigenvalue weighted by molar-refractivity contribution is 6.41. The SMILES string of the molecule is CN(CCC1CCC(=O)N(c2ccccn2)C1)Cc1ccccn1.Clc1ccccc1Cl. The molecule has 1 aliphatic heterocycles. The number of hydrogen-bond donors (Lipinski definition) is 0. The number of hydrogen-bond acceptors (Lipinski definition) is 4. The first-order valence-corrected chi connectivity index (χ1v) is 11.5. The third kappa shape index (κ3) is 7.59. The summed E-state index contributed by atoms with van der Waals surface area (Å²) in [7, 11) is 2.12. The molecular weight excluding hydrogens is 443 g/mol. The van der Waals surface area contributed by atoms with Crippen LogP contribution in [0.4, 0.5) is 5.82 Å². The van der Waals surface area contributed by atoms with Gasteiger partial charge in [-0.3, -0.25) is 14.7 Å². The van der Waals surface area contributed by atoms with Gasteiger partial charge in [-0.05, 0) is 68.8 Å². The van der Waals surface area contributed by atoms with E-state index in [9.17, 15) is 4.79 Å². The van der Waals surface area contributed by atoms with Gasteiger partial charge in [0.15, 0.2) is 0 Å². The number of carbonyl (C=O) groups is 1. The second-order valence-corrected chi connectivity index (χ2v) is 8.67. The highest BCUT2D eigenvalue weighted by atomic mass is 35.5. The van der Waals surface area contributed by atoms with Gasteiger partial charge in [0.05, 0.1) is 15.7 Å². The van der Waals surface area contributed by atoms with Crippen molar-refractivity contribution in [3.05, 3.63) is 88.8 Å². The quantitative estimate of drug-likeness (QED) is 0.461. The van der Waals surface area contributed by atoms with Crippen molar-refractivity contribution in [1.29, 1.82) is 0 Å². The molecule has 0 N–H and O–H groups in total. The van der Waals surface area contributed by atoms with Crippen LogP contribution in [0.2, 0.25) is 10.0 Å². The van der Waals surface area contributed by atoms with E-state index in [0.717, 1.165) is 44.0 Å². The highest BCUT2D eigenvalue weighted by Gasteiger charge is 2.27. The van der Waals surface area contributed by atoms with Crippen molar-refractivity contribution >= 4 is 34.9 Å².